The van der Waals surface area contributed by atoms with Crippen molar-refractivity contribution in [2.24, 2.45) is 0 Å². The van der Waals surface area contributed by atoms with Crippen LogP contribution < -0.4 is 0 Å². The number of benzene rings is 1. The minimum absolute atomic E-state index is 0.284. The summed E-state index contributed by atoms with van der Waals surface area (Å²) in [5, 5.41) is 0. The normalized spacial score (nSPS) is 20.2. The van der Waals surface area contributed by atoms with Gasteiger partial charge in [0.2, 0.25) is 0 Å². The summed E-state index contributed by atoms with van der Waals surface area (Å²) >= 11 is 0. The van der Waals surface area contributed by atoms with E-state index in [4.69, 9.17) is 9.47 Å². The van der Waals surface area contributed by atoms with Gasteiger partial charge in [0.25, 0.3) is 0 Å². The van der Waals surface area contributed by atoms with E-state index in [9.17, 15) is 4.79 Å². The Morgan fingerprint density at radius 3 is 2.64 bits per heavy atom. The van der Waals surface area contributed by atoms with E-state index >= 15 is 0 Å². The molecule has 1 aliphatic rings. The smallest absolute Gasteiger partial charge is 0.326 e. The minimum Gasteiger partial charge on any atom is -0.497 e. The number of hydrogen-bond donors (Lipinski definition) is 0. The van der Waals surface area contributed by atoms with Gasteiger partial charge in [0.15, 0.2) is 0 Å². The van der Waals surface area contributed by atoms with Crippen molar-refractivity contribution in [1.29, 1.82) is 0 Å². The summed E-state index contributed by atoms with van der Waals surface area (Å²) in [7, 11) is 1.53. The Balaban J connectivity index is 2.34. The van der Waals surface area contributed by atoms with Crippen LogP contribution in [-0.2, 0) is 14.3 Å². The number of rotatable bonds is 2. The molecule has 0 spiro atoms. The highest BCUT2D eigenvalue weighted by Crippen LogP contribution is 2.30. The molecule has 3 heteroatoms. The van der Waals surface area contributed by atoms with Crippen LogP contribution in [0.1, 0.15) is 11.5 Å². The highest BCUT2D eigenvalue weighted by Gasteiger charge is 2.32. The number of methoxy groups -OCH3 is 1. The molecule has 14 heavy (non-hydrogen) atoms. The van der Waals surface area contributed by atoms with E-state index in [2.05, 4.69) is 0 Å². The lowest BCUT2D eigenvalue weighted by Gasteiger charge is -2.09. The fourth-order valence-corrected chi connectivity index (χ4v) is 1.48. The molecule has 3 nitrogen and oxygen atoms in total. The van der Waals surface area contributed by atoms with Crippen LogP contribution >= 0.6 is 0 Å². The Morgan fingerprint density at radius 2 is 2.00 bits per heavy atom. The standard InChI is InChI=1S/C11H10O3/c1-13-9-7-14-11(12)10(9)8-5-3-2-4-6-8/h2-7,10H,1H3. The van der Waals surface area contributed by atoms with Gasteiger partial charge in [-0.2, -0.15) is 0 Å². The van der Waals surface area contributed by atoms with Crippen molar-refractivity contribution in [3.63, 3.8) is 0 Å². The molecule has 1 unspecified atom stereocenters. The Morgan fingerprint density at radius 1 is 1.29 bits per heavy atom. The van der Waals surface area contributed by atoms with Crippen LogP contribution in [0.25, 0.3) is 0 Å². The Labute approximate surface area is 81.9 Å². The van der Waals surface area contributed by atoms with Gasteiger partial charge in [0.1, 0.15) is 17.9 Å². The Bertz CT molecular complexity index is 367. The molecule has 0 saturated carbocycles. The second-order valence-electron chi connectivity index (χ2n) is 3.00. The molecule has 0 fully saturated rings. The fraction of sp³-hybridized carbons (Fsp3) is 0.182. The van der Waals surface area contributed by atoms with Gasteiger partial charge in [-0.25, -0.2) is 0 Å². The molecule has 0 aromatic heterocycles. The number of carbonyl (C=O) groups excluding carboxylic acids is 1. The first-order valence-electron chi connectivity index (χ1n) is 4.32. The summed E-state index contributed by atoms with van der Waals surface area (Å²) in [6.45, 7) is 0. The van der Waals surface area contributed by atoms with Crippen molar-refractivity contribution in [2.45, 2.75) is 5.92 Å². The Kier molecular flexibility index (Phi) is 2.23. The zero-order valence-electron chi connectivity index (χ0n) is 7.77. The SMILES string of the molecule is COC1=COC(=O)C1c1ccccc1. The second kappa shape index (κ2) is 3.54. The van der Waals surface area contributed by atoms with Gasteiger partial charge in [-0.05, 0) is 5.56 Å². The third-order valence-corrected chi connectivity index (χ3v) is 2.18. The van der Waals surface area contributed by atoms with Crippen LogP contribution in [0.5, 0.6) is 0 Å². The summed E-state index contributed by atoms with van der Waals surface area (Å²) < 4.78 is 9.86. The van der Waals surface area contributed by atoms with E-state index in [0.717, 1.165) is 5.56 Å². The predicted molar refractivity (Wildman–Crippen MR) is 50.4 cm³/mol. The van der Waals surface area contributed by atoms with Crippen LogP contribution in [0.3, 0.4) is 0 Å². The van der Waals surface area contributed by atoms with Gasteiger partial charge in [0, 0.05) is 0 Å². The van der Waals surface area contributed by atoms with Crippen LogP contribution in [0.4, 0.5) is 0 Å². The van der Waals surface area contributed by atoms with E-state index in [1.807, 2.05) is 30.3 Å². The van der Waals surface area contributed by atoms with E-state index < -0.39 is 5.92 Å². The molecule has 0 bridgehead atoms. The maximum Gasteiger partial charge on any atom is 0.326 e. The molecule has 0 saturated heterocycles. The summed E-state index contributed by atoms with van der Waals surface area (Å²) in [6.07, 6.45) is 1.36. The average molecular weight is 190 g/mol. The van der Waals surface area contributed by atoms with Gasteiger partial charge in [-0.1, -0.05) is 30.3 Å². The van der Waals surface area contributed by atoms with Gasteiger partial charge in [0.05, 0.1) is 7.11 Å². The van der Waals surface area contributed by atoms with Crippen molar-refractivity contribution >= 4 is 5.97 Å². The van der Waals surface area contributed by atoms with Gasteiger partial charge < -0.3 is 9.47 Å². The van der Waals surface area contributed by atoms with Gasteiger partial charge >= 0.3 is 5.97 Å². The van der Waals surface area contributed by atoms with Crippen molar-refractivity contribution in [3.8, 4) is 0 Å². The summed E-state index contributed by atoms with van der Waals surface area (Å²) in [5.41, 5.74) is 0.892. The third-order valence-electron chi connectivity index (χ3n) is 2.18. The fourth-order valence-electron chi connectivity index (χ4n) is 1.48. The molecular formula is C11H10O3. The largest absolute Gasteiger partial charge is 0.497 e. The number of cyclic esters (lactones) is 1. The monoisotopic (exact) mass is 190 g/mol. The lowest BCUT2D eigenvalue weighted by molar-refractivity contribution is -0.137. The van der Waals surface area contributed by atoms with Crippen LogP contribution in [0.15, 0.2) is 42.4 Å². The van der Waals surface area contributed by atoms with E-state index in [1.165, 1.54) is 13.4 Å². The molecular weight excluding hydrogens is 180 g/mol. The van der Waals surface area contributed by atoms with Crippen LogP contribution in [-0.4, -0.2) is 13.1 Å². The molecule has 1 aromatic carbocycles. The molecule has 0 amide bonds. The van der Waals surface area contributed by atoms with Crippen LogP contribution in [0.2, 0.25) is 0 Å². The van der Waals surface area contributed by atoms with Gasteiger partial charge in [-0.3, -0.25) is 4.79 Å². The average Bonchev–Trinajstić information content (AvgIpc) is 2.61. The highest BCUT2D eigenvalue weighted by atomic mass is 16.6. The number of ether oxygens (including phenoxy) is 2. The molecule has 1 aromatic rings. The Hall–Kier alpha value is -1.77. The topological polar surface area (TPSA) is 35.5 Å². The number of esters is 1. The van der Waals surface area contributed by atoms with Crippen LogP contribution in [0, 0.1) is 0 Å². The first-order valence-corrected chi connectivity index (χ1v) is 4.32. The quantitative estimate of drug-likeness (QED) is 0.667. The summed E-state index contributed by atoms with van der Waals surface area (Å²) in [6, 6.07) is 9.43. The van der Waals surface area contributed by atoms with E-state index in [-0.39, 0.29) is 5.97 Å². The number of carbonyl (C=O) groups is 1. The van der Waals surface area contributed by atoms with Crippen molar-refractivity contribution < 1.29 is 14.3 Å². The van der Waals surface area contributed by atoms with E-state index in [1.54, 1.807) is 0 Å². The third kappa shape index (κ3) is 1.37. The lowest BCUT2D eigenvalue weighted by atomic mass is 9.99. The van der Waals surface area contributed by atoms with Crippen molar-refractivity contribution in [2.75, 3.05) is 7.11 Å². The molecule has 0 N–H and O–H groups in total. The van der Waals surface area contributed by atoms with Crippen molar-refractivity contribution in [3.05, 3.63) is 47.9 Å². The molecule has 1 atom stereocenters. The maximum atomic E-state index is 11.4. The minimum atomic E-state index is -0.402. The first kappa shape index (κ1) is 8.81. The molecule has 1 heterocycles. The molecule has 0 aliphatic carbocycles. The molecule has 0 radical (unpaired) electrons. The lowest BCUT2D eigenvalue weighted by Crippen LogP contribution is -2.10. The summed E-state index contributed by atoms with van der Waals surface area (Å²) in [5.74, 6) is -0.129. The zero-order valence-corrected chi connectivity index (χ0v) is 7.77. The molecule has 1 aliphatic heterocycles. The van der Waals surface area contributed by atoms with Gasteiger partial charge in [-0.15, -0.1) is 0 Å². The van der Waals surface area contributed by atoms with E-state index in [0.29, 0.717) is 5.76 Å². The molecule has 72 valence electrons. The summed E-state index contributed by atoms with van der Waals surface area (Å²) in [4.78, 5) is 11.4. The highest BCUT2D eigenvalue weighted by molar-refractivity contribution is 5.84. The first-order chi connectivity index (χ1) is 6.83. The zero-order chi connectivity index (χ0) is 9.97. The molecule has 2 rings (SSSR count). The van der Waals surface area contributed by atoms with Crippen molar-refractivity contribution in [1.82, 2.24) is 0 Å². The maximum absolute atomic E-state index is 11.4. The number of hydrogen-bond acceptors (Lipinski definition) is 3. The second-order valence-corrected chi connectivity index (χ2v) is 3.00. The predicted octanol–water partition coefficient (Wildman–Crippen LogP) is 1.81.